The van der Waals surface area contributed by atoms with Gasteiger partial charge in [-0.2, -0.15) is 0 Å². The van der Waals surface area contributed by atoms with E-state index >= 15 is 0 Å². The van der Waals surface area contributed by atoms with Gasteiger partial charge >= 0.3 is 5.88 Å². The second-order valence-electron chi connectivity index (χ2n) is 7.47. The number of aromatic nitrogens is 2. The van der Waals surface area contributed by atoms with Crippen molar-refractivity contribution < 1.29 is 23.5 Å². The van der Waals surface area contributed by atoms with Gasteiger partial charge in [-0.05, 0) is 35.4 Å². The molecule has 1 aromatic heterocycles. The summed E-state index contributed by atoms with van der Waals surface area (Å²) in [6.07, 6.45) is 3.33. The summed E-state index contributed by atoms with van der Waals surface area (Å²) in [7, 11) is 1.59. The first-order valence-electron chi connectivity index (χ1n) is 10.6. The molecule has 9 nitrogen and oxygen atoms in total. The number of amidine groups is 1. The van der Waals surface area contributed by atoms with Crippen LogP contribution in [-0.2, 0) is 20.9 Å². The first-order chi connectivity index (χ1) is 16.5. The second kappa shape index (κ2) is 10.9. The summed E-state index contributed by atoms with van der Waals surface area (Å²) in [5.41, 5.74) is 3.00. The van der Waals surface area contributed by atoms with E-state index in [1.54, 1.807) is 19.4 Å². The standard InChI is InChI=1S/C24H23N5O4S/c1-17-8-10-18(11-9-17)14-20-23(31)29(19-6-4-3-5-7-19)24(25-20)34-16-21(30)26-22-15-28(27-33-22)12-13-32-2/h3-11,14-15H,12-13,16H2,1-2H3/p+1/b20-14+. The highest BCUT2D eigenvalue weighted by Gasteiger charge is 2.32. The molecule has 2 amide bonds. The number of nitrogens with one attached hydrogen (secondary N) is 1. The third-order valence-corrected chi connectivity index (χ3v) is 5.79. The number of hydrogen-bond acceptors (Lipinski definition) is 7. The molecule has 3 aromatic rings. The smallest absolute Gasteiger partial charge is 0.302 e. The van der Waals surface area contributed by atoms with Crippen molar-refractivity contribution >= 4 is 46.4 Å². The molecule has 0 aliphatic carbocycles. The van der Waals surface area contributed by atoms with Crippen LogP contribution in [0, 0.1) is 6.92 Å². The van der Waals surface area contributed by atoms with Crippen molar-refractivity contribution in [2.75, 3.05) is 29.7 Å². The van der Waals surface area contributed by atoms with Crippen LogP contribution in [0.25, 0.3) is 6.08 Å². The van der Waals surface area contributed by atoms with E-state index in [2.05, 4.69) is 15.6 Å². The van der Waals surface area contributed by atoms with E-state index < -0.39 is 0 Å². The predicted molar refractivity (Wildman–Crippen MR) is 130 cm³/mol. The fourth-order valence-corrected chi connectivity index (χ4v) is 3.96. The van der Waals surface area contributed by atoms with Gasteiger partial charge in [0, 0.05) is 7.11 Å². The molecule has 0 saturated heterocycles. The number of methoxy groups -OCH3 is 1. The lowest BCUT2D eigenvalue weighted by Gasteiger charge is -2.17. The van der Waals surface area contributed by atoms with E-state index in [1.807, 2.05) is 61.5 Å². The summed E-state index contributed by atoms with van der Waals surface area (Å²) >= 11 is 1.17. The molecule has 1 N–H and O–H groups in total. The van der Waals surface area contributed by atoms with Crippen LogP contribution in [0.5, 0.6) is 0 Å². The Bertz CT molecular complexity index is 1220. The third-order valence-electron chi connectivity index (χ3n) is 4.85. The maximum atomic E-state index is 13.2. The van der Waals surface area contributed by atoms with Gasteiger partial charge in [-0.15, -0.1) is 0 Å². The number of aryl methyl sites for hydroxylation is 1. The average Bonchev–Trinajstić information content (AvgIpc) is 3.42. The molecule has 0 fully saturated rings. The van der Waals surface area contributed by atoms with Gasteiger partial charge < -0.3 is 4.74 Å². The molecule has 0 bridgehead atoms. The van der Waals surface area contributed by atoms with Gasteiger partial charge in [0.1, 0.15) is 12.3 Å². The minimum Gasteiger partial charge on any atom is -0.378 e. The second-order valence-corrected chi connectivity index (χ2v) is 8.41. The highest BCUT2D eigenvalue weighted by molar-refractivity contribution is 8.14. The van der Waals surface area contributed by atoms with Crippen molar-refractivity contribution in [2.45, 2.75) is 13.5 Å². The lowest BCUT2D eigenvalue weighted by Crippen LogP contribution is -2.36. The number of aliphatic imine (C=N–C) groups is 1. The van der Waals surface area contributed by atoms with Crippen LogP contribution >= 0.6 is 11.8 Å². The van der Waals surface area contributed by atoms with Gasteiger partial charge in [-0.25, -0.2) is 4.99 Å². The van der Waals surface area contributed by atoms with E-state index in [0.29, 0.717) is 29.7 Å². The average molecular weight is 479 g/mol. The summed E-state index contributed by atoms with van der Waals surface area (Å²) in [6.45, 7) is 2.98. The van der Waals surface area contributed by atoms with Gasteiger partial charge in [0.15, 0.2) is 5.17 Å². The van der Waals surface area contributed by atoms with Crippen LogP contribution in [-0.4, -0.2) is 41.7 Å². The van der Waals surface area contributed by atoms with Crippen molar-refractivity contribution in [3.8, 4) is 0 Å². The number of amides is 2. The van der Waals surface area contributed by atoms with Crippen LogP contribution in [0.3, 0.4) is 0 Å². The van der Waals surface area contributed by atoms with Gasteiger partial charge in [-0.1, -0.05) is 59.8 Å². The van der Waals surface area contributed by atoms with E-state index in [1.165, 1.54) is 21.3 Å². The quantitative estimate of drug-likeness (QED) is 0.395. The number of para-hydroxylation sites is 1. The summed E-state index contributed by atoms with van der Waals surface area (Å²) in [5.74, 6) is -0.291. The van der Waals surface area contributed by atoms with Gasteiger partial charge in [0.25, 0.3) is 12.1 Å². The largest absolute Gasteiger partial charge is 0.378 e. The number of nitrogens with zero attached hydrogens (tertiary/aromatic N) is 4. The molecule has 34 heavy (non-hydrogen) atoms. The molecule has 0 saturated carbocycles. The Balaban J connectivity index is 1.48. The van der Waals surface area contributed by atoms with E-state index in [0.717, 1.165) is 11.1 Å². The van der Waals surface area contributed by atoms with Crippen molar-refractivity contribution in [1.82, 2.24) is 5.27 Å². The van der Waals surface area contributed by atoms with E-state index in [-0.39, 0.29) is 23.5 Å². The molecule has 0 radical (unpaired) electrons. The van der Waals surface area contributed by atoms with Crippen molar-refractivity contribution in [3.63, 3.8) is 0 Å². The number of hydrogen-bond donors (Lipinski definition) is 1. The molecule has 2 heterocycles. The molecule has 0 spiro atoms. The SMILES string of the molecule is COCC[n+]1cc(NC(=O)CSC2=N/C(=C/c3ccc(C)cc3)C(=O)N2c2ccccc2)on1. The Morgan fingerprint density at radius 2 is 1.97 bits per heavy atom. The maximum Gasteiger partial charge on any atom is 0.302 e. The zero-order valence-corrected chi connectivity index (χ0v) is 19.6. The third kappa shape index (κ3) is 5.77. The zero-order valence-electron chi connectivity index (χ0n) is 18.8. The van der Waals surface area contributed by atoms with Crippen LogP contribution in [0.1, 0.15) is 11.1 Å². The van der Waals surface area contributed by atoms with E-state index in [4.69, 9.17) is 9.26 Å². The molecule has 0 atom stereocenters. The lowest BCUT2D eigenvalue weighted by atomic mass is 10.1. The molecule has 1 aliphatic heterocycles. The van der Waals surface area contributed by atoms with E-state index in [9.17, 15) is 9.59 Å². The lowest BCUT2D eigenvalue weighted by molar-refractivity contribution is -0.763. The molecule has 1 aliphatic rings. The Hall–Kier alpha value is -3.76. The van der Waals surface area contributed by atoms with Crippen LogP contribution in [0.2, 0.25) is 0 Å². The van der Waals surface area contributed by atoms with Gasteiger partial charge in [0.05, 0.1) is 11.4 Å². The highest BCUT2D eigenvalue weighted by Crippen LogP contribution is 2.29. The first-order valence-corrected chi connectivity index (χ1v) is 11.6. The summed E-state index contributed by atoms with van der Waals surface area (Å²) in [6, 6.07) is 17.1. The zero-order chi connectivity index (χ0) is 23.9. The number of benzene rings is 2. The summed E-state index contributed by atoms with van der Waals surface area (Å²) < 4.78 is 11.6. The molecule has 0 unspecified atom stereocenters. The number of anilines is 2. The molecule has 10 heteroatoms. The molecule has 174 valence electrons. The Labute approximate surface area is 201 Å². The number of ether oxygens (including phenoxy) is 1. The Morgan fingerprint density at radius 3 is 2.71 bits per heavy atom. The van der Waals surface area contributed by atoms with Gasteiger partial charge in [0.2, 0.25) is 17.7 Å². The summed E-state index contributed by atoms with van der Waals surface area (Å²) in [4.78, 5) is 31.8. The van der Waals surface area contributed by atoms with Crippen molar-refractivity contribution in [3.05, 3.63) is 77.6 Å². The van der Waals surface area contributed by atoms with Crippen molar-refractivity contribution in [1.29, 1.82) is 0 Å². The molecule has 4 rings (SSSR count). The number of thioether (sulfide) groups is 1. The van der Waals surface area contributed by atoms with Crippen LogP contribution in [0.15, 0.2) is 76.0 Å². The maximum absolute atomic E-state index is 13.2. The minimum absolute atomic E-state index is 0.0338. The number of rotatable bonds is 8. The Kier molecular flexibility index (Phi) is 7.51. The monoisotopic (exact) mass is 478 g/mol. The van der Waals surface area contributed by atoms with Crippen LogP contribution < -0.4 is 14.9 Å². The fraction of sp³-hybridized carbons (Fsp3) is 0.208. The van der Waals surface area contributed by atoms with Crippen LogP contribution in [0.4, 0.5) is 11.6 Å². The van der Waals surface area contributed by atoms with Crippen molar-refractivity contribution in [2.24, 2.45) is 4.99 Å². The number of carbonyl (C=O) groups is 2. The Morgan fingerprint density at radius 1 is 1.21 bits per heavy atom. The topological polar surface area (TPSA) is 101 Å². The first kappa shape index (κ1) is 23.4. The minimum atomic E-state index is -0.306. The number of carbonyl (C=O) groups excluding carboxylic acids is 2. The molecule has 2 aromatic carbocycles. The summed E-state index contributed by atoms with van der Waals surface area (Å²) in [5, 5.41) is 6.91. The molecular formula is C24H24N5O4S+. The normalized spacial score (nSPS) is 14.5. The fourth-order valence-electron chi connectivity index (χ4n) is 3.15. The predicted octanol–water partition coefficient (Wildman–Crippen LogP) is 3.03. The van der Waals surface area contributed by atoms with Gasteiger partial charge in [-0.3, -0.25) is 24.3 Å². The highest BCUT2D eigenvalue weighted by atomic mass is 32.2. The molecular weight excluding hydrogens is 454 g/mol.